The molecule has 0 fully saturated rings. The van der Waals surface area contributed by atoms with Crippen LogP contribution >= 0.6 is 0 Å². The van der Waals surface area contributed by atoms with Gasteiger partial charge in [-0.2, -0.15) is 0 Å². The summed E-state index contributed by atoms with van der Waals surface area (Å²) < 4.78 is 0. The molecule has 0 heterocycles. The predicted molar refractivity (Wildman–Crippen MR) is 82.4 cm³/mol. The number of nitrogens with one attached hydrogen (secondary N) is 1. The molecule has 1 aromatic carbocycles. The number of carbonyl (C=O) groups is 1. The largest absolute Gasteiger partial charge is 0.396 e. The van der Waals surface area contributed by atoms with Crippen LogP contribution in [-0.4, -0.2) is 23.7 Å². The maximum Gasteiger partial charge on any atom is 0.223 e. The van der Waals surface area contributed by atoms with E-state index in [0.29, 0.717) is 0 Å². The van der Waals surface area contributed by atoms with Gasteiger partial charge in [0.2, 0.25) is 5.91 Å². The van der Waals surface area contributed by atoms with Gasteiger partial charge in [0, 0.05) is 18.6 Å². The summed E-state index contributed by atoms with van der Waals surface area (Å²) in [6, 6.07) is 10.4. The van der Waals surface area contributed by atoms with E-state index in [9.17, 15) is 4.79 Å². The van der Waals surface area contributed by atoms with Gasteiger partial charge in [0.05, 0.1) is 0 Å². The van der Waals surface area contributed by atoms with Crippen molar-refractivity contribution < 1.29 is 9.90 Å². The fourth-order valence-electron chi connectivity index (χ4n) is 2.06. The Kier molecular flexibility index (Phi) is 7.31. The summed E-state index contributed by atoms with van der Waals surface area (Å²) in [4.78, 5) is 12.0. The van der Waals surface area contributed by atoms with Crippen molar-refractivity contribution in [2.45, 2.75) is 46.1 Å². The fourth-order valence-corrected chi connectivity index (χ4v) is 2.06. The van der Waals surface area contributed by atoms with Gasteiger partial charge in [0.15, 0.2) is 0 Å². The van der Waals surface area contributed by atoms with Crippen molar-refractivity contribution in [1.82, 2.24) is 5.32 Å². The molecule has 3 unspecified atom stereocenters. The van der Waals surface area contributed by atoms with E-state index >= 15 is 0 Å². The van der Waals surface area contributed by atoms with Crippen molar-refractivity contribution in [2.24, 2.45) is 11.8 Å². The van der Waals surface area contributed by atoms with E-state index in [1.54, 1.807) is 0 Å². The van der Waals surface area contributed by atoms with Crippen LogP contribution in [0.3, 0.4) is 0 Å². The number of aryl methyl sites for hydroxylation is 1. The molecular weight excluding hydrogens is 250 g/mol. The van der Waals surface area contributed by atoms with Gasteiger partial charge in [0.25, 0.3) is 0 Å². The standard InChI is InChI=1S/C17H27NO2/c1-13(17(20)18-15(3)14(2)12-19)8-7-11-16-9-5-4-6-10-16/h4-6,9-10,13-15,19H,7-8,11-12H2,1-3H3,(H,18,20). The molecule has 112 valence electrons. The Labute approximate surface area is 122 Å². The van der Waals surface area contributed by atoms with E-state index < -0.39 is 0 Å². The van der Waals surface area contributed by atoms with Crippen LogP contribution in [0.5, 0.6) is 0 Å². The first-order chi connectivity index (χ1) is 9.54. The van der Waals surface area contributed by atoms with E-state index in [0.717, 1.165) is 19.3 Å². The normalized spacial score (nSPS) is 15.4. The van der Waals surface area contributed by atoms with Crippen LogP contribution in [0.25, 0.3) is 0 Å². The summed E-state index contributed by atoms with van der Waals surface area (Å²) in [6.45, 7) is 5.95. The molecular formula is C17H27NO2. The van der Waals surface area contributed by atoms with Gasteiger partial charge in [-0.3, -0.25) is 4.79 Å². The molecule has 0 radical (unpaired) electrons. The minimum absolute atomic E-state index is 0.0177. The van der Waals surface area contributed by atoms with Crippen molar-refractivity contribution in [3.8, 4) is 0 Å². The molecule has 0 aliphatic carbocycles. The SMILES string of the molecule is CC(CCCc1ccccc1)C(=O)NC(C)C(C)CO. The third-order valence-corrected chi connectivity index (χ3v) is 3.90. The summed E-state index contributed by atoms with van der Waals surface area (Å²) in [6.07, 6.45) is 2.92. The lowest BCUT2D eigenvalue weighted by molar-refractivity contribution is -0.125. The van der Waals surface area contributed by atoms with Crippen molar-refractivity contribution in [3.05, 3.63) is 35.9 Å². The van der Waals surface area contributed by atoms with Crippen LogP contribution in [-0.2, 0) is 11.2 Å². The van der Waals surface area contributed by atoms with Crippen LogP contribution in [0.1, 0.15) is 39.2 Å². The van der Waals surface area contributed by atoms with Crippen LogP contribution in [0.4, 0.5) is 0 Å². The van der Waals surface area contributed by atoms with Crippen molar-refractivity contribution in [2.75, 3.05) is 6.61 Å². The molecule has 0 bridgehead atoms. The van der Waals surface area contributed by atoms with Crippen molar-refractivity contribution >= 4 is 5.91 Å². The highest BCUT2D eigenvalue weighted by Crippen LogP contribution is 2.11. The number of rotatable bonds is 8. The second-order valence-electron chi connectivity index (χ2n) is 5.74. The van der Waals surface area contributed by atoms with Gasteiger partial charge >= 0.3 is 0 Å². The zero-order valence-electron chi connectivity index (χ0n) is 12.8. The summed E-state index contributed by atoms with van der Waals surface area (Å²) in [5.41, 5.74) is 1.32. The molecule has 3 nitrogen and oxygen atoms in total. The van der Waals surface area contributed by atoms with Gasteiger partial charge in [0.1, 0.15) is 0 Å². The van der Waals surface area contributed by atoms with Crippen molar-refractivity contribution in [1.29, 1.82) is 0 Å². The number of hydrogen-bond acceptors (Lipinski definition) is 2. The first kappa shape index (κ1) is 16.7. The summed E-state index contributed by atoms with van der Waals surface area (Å²) in [5.74, 6) is 0.202. The summed E-state index contributed by atoms with van der Waals surface area (Å²) >= 11 is 0. The summed E-state index contributed by atoms with van der Waals surface area (Å²) in [5, 5.41) is 12.1. The molecule has 1 amide bonds. The quantitative estimate of drug-likeness (QED) is 0.767. The van der Waals surface area contributed by atoms with Crippen molar-refractivity contribution in [3.63, 3.8) is 0 Å². The molecule has 2 N–H and O–H groups in total. The maximum atomic E-state index is 12.0. The number of aliphatic hydroxyl groups is 1. The molecule has 1 aromatic rings. The highest BCUT2D eigenvalue weighted by atomic mass is 16.3. The zero-order valence-corrected chi connectivity index (χ0v) is 12.8. The second-order valence-corrected chi connectivity index (χ2v) is 5.74. The Morgan fingerprint density at radius 2 is 1.85 bits per heavy atom. The lowest BCUT2D eigenvalue weighted by atomic mass is 9.99. The fraction of sp³-hybridized carbons (Fsp3) is 0.588. The first-order valence-electron chi connectivity index (χ1n) is 7.49. The summed E-state index contributed by atoms with van der Waals surface area (Å²) in [7, 11) is 0. The predicted octanol–water partition coefficient (Wildman–Crippen LogP) is 2.78. The smallest absolute Gasteiger partial charge is 0.223 e. The lowest BCUT2D eigenvalue weighted by Crippen LogP contribution is -2.41. The highest BCUT2D eigenvalue weighted by molar-refractivity contribution is 5.78. The average Bonchev–Trinajstić information content (AvgIpc) is 2.47. The Bertz CT molecular complexity index is 391. The average molecular weight is 277 g/mol. The topological polar surface area (TPSA) is 49.3 Å². The van der Waals surface area contributed by atoms with E-state index in [4.69, 9.17) is 5.11 Å². The second kappa shape index (κ2) is 8.75. The Hall–Kier alpha value is -1.35. The molecule has 3 atom stereocenters. The van der Waals surface area contributed by atoms with Gasteiger partial charge < -0.3 is 10.4 Å². The molecule has 0 aliphatic heterocycles. The Balaban J connectivity index is 2.28. The number of hydrogen-bond donors (Lipinski definition) is 2. The molecule has 1 rings (SSSR count). The lowest BCUT2D eigenvalue weighted by Gasteiger charge is -2.21. The molecule has 0 aliphatic rings. The Morgan fingerprint density at radius 3 is 2.45 bits per heavy atom. The monoisotopic (exact) mass is 277 g/mol. The number of benzene rings is 1. The van der Waals surface area contributed by atoms with Gasteiger partial charge in [-0.05, 0) is 37.7 Å². The molecule has 0 saturated carbocycles. The minimum atomic E-state index is 0.0177. The van der Waals surface area contributed by atoms with Crippen LogP contribution in [0.15, 0.2) is 30.3 Å². The molecule has 20 heavy (non-hydrogen) atoms. The van der Waals surface area contributed by atoms with Crippen LogP contribution in [0.2, 0.25) is 0 Å². The van der Waals surface area contributed by atoms with E-state index in [1.807, 2.05) is 39.0 Å². The van der Waals surface area contributed by atoms with E-state index in [-0.39, 0.29) is 30.4 Å². The van der Waals surface area contributed by atoms with Crippen LogP contribution < -0.4 is 5.32 Å². The minimum Gasteiger partial charge on any atom is -0.396 e. The maximum absolute atomic E-state index is 12.0. The van der Waals surface area contributed by atoms with Crippen LogP contribution in [0, 0.1) is 11.8 Å². The van der Waals surface area contributed by atoms with Gasteiger partial charge in [-0.15, -0.1) is 0 Å². The molecule has 0 aromatic heterocycles. The number of carbonyl (C=O) groups excluding carboxylic acids is 1. The first-order valence-corrected chi connectivity index (χ1v) is 7.49. The number of amides is 1. The highest BCUT2D eigenvalue weighted by Gasteiger charge is 2.18. The third kappa shape index (κ3) is 5.74. The molecule has 0 saturated heterocycles. The zero-order chi connectivity index (χ0) is 15.0. The molecule has 0 spiro atoms. The number of aliphatic hydroxyl groups excluding tert-OH is 1. The molecule has 3 heteroatoms. The van der Waals surface area contributed by atoms with E-state index in [1.165, 1.54) is 5.56 Å². The van der Waals surface area contributed by atoms with Gasteiger partial charge in [-0.25, -0.2) is 0 Å². The van der Waals surface area contributed by atoms with Gasteiger partial charge in [-0.1, -0.05) is 44.2 Å². The van der Waals surface area contributed by atoms with E-state index in [2.05, 4.69) is 17.4 Å². The third-order valence-electron chi connectivity index (χ3n) is 3.90. The Morgan fingerprint density at radius 1 is 1.20 bits per heavy atom.